The molecule has 1 aliphatic rings. The van der Waals surface area contributed by atoms with Crippen LogP contribution in [0.25, 0.3) is 0 Å². The number of nitrogens with two attached hydrogens (primary N) is 1. The zero-order chi connectivity index (χ0) is 15.7. The predicted molar refractivity (Wildman–Crippen MR) is 75.6 cm³/mol. The fraction of sp³-hybridized carbons (Fsp3) is 0.786. The molecule has 1 heterocycles. The Kier molecular flexibility index (Phi) is 4.59. The van der Waals surface area contributed by atoms with Crippen molar-refractivity contribution in [1.29, 1.82) is 0 Å². The summed E-state index contributed by atoms with van der Waals surface area (Å²) in [4.78, 5) is 37.4. The summed E-state index contributed by atoms with van der Waals surface area (Å²) in [6.45, 7) is 9.47. The summed E-state index contributed by atoms with van der Waals surface area (Å²) in [6.07, 6.45) is 0.616. The lowest BCUT2D eigenvalue weighted by Crippen LogP contribution is -2.66. The van der Waals surface area contributed by atoms with Gasteiger partial charge >= 0.3 is 0 Å². The second-order valence-electron chi connectivity index (χ2n) is 7.06. The number of carbonyl (C=O) groups excluding carboxylic acids is 3. The number of rotatable bonds is 3. The Morgan fingerprint density at radius 1 is 1.40 bits per heavy atom. The number of hydrogen-bond donors (Lipinski definition) is 2. The largest absolute Gasteiger partial charge is 0.330 e. The van der Waals surface area contributed by atoms with Crippen molar-refractivity contribution in [3.05, 3.63) is 0 Å². The van der Waals surface area contributed by atoms with Crippen LogP contribution in [0, 0.1) is 11.3 Å². The molecule has 0 aromatic heterocycles. The third-order valence-corrected chi connectivity index (χ3v) is 3.54. The van der Waals surface area contributed by atoms with E-state index in [4.69, 9.17) is 5.73 Å². The van der Waals surface area contributed by atoms with Gasteiger partial charge in [-0.2, -0.15) is 0 Å². The average Bonchev–Trinajstić information content (AvgIpc) is 2.29. The molecule has 0 aliphatic carbocycles. The van der Waals surface area contributed by atoms with Gasteiger partial charge in [-0.05, 0) is 25.7 Å². The predicted octanol–water partition coefficient (Wildman–Crippen LogP) is 0.261. The molecule has 1 atom stereocenters. The zero-order valence-electron chi connectivity index (χ0n) is 12.9. The van der Waals surface area contributed by atoms with Gasteiger partial charge in [0.2, 0.25) is 11.8 Å². The van der Waals surface area contributed by atoms with Gasteiger partial charge in [-0.15, -0.1) is 0 Å². The van der Waals surface area contributed by atoms with Gasteiger partial charge < -0.3 is 10.6 Å². The van der Waals surface area contributed by atoms with E-state index < -0.39 is 17.4 Å². The summed E-state index contributed by atoms with van der Waals surface area (Å²) < 4.78 is 0. The minimum Gasteiger partial charge on any atom is -0.330 e. The minimum absolute atomic E-state index is 0.0497. The smallest absolute Gasteiger partial charge is 0.252 e. The monoisotopic (exact) mass is 283 g/mol. The van der Waals surface area contributed by atoms with Gasteiger partial charge in [-0.25, -0.2) is 0 Å². The first kappa shape index (κ1) is 16.6. The molecule has 114 valence electrons. The molecule has 0 spiro atoms. The lowest BCUT2D eigenvalue weighted by atomic mass is 9.83. The standard InChI is InChI=1S/C14H25N3O3/c1-13(2,3)6-9(7-15)11(19)17-8-10(18)16-12(20)14(17,4)5/h9H,6-8,15H2,1-5H3,(H,16,18,20). The van der Waals surface area contributed by atoms with Gasteiger partial charge in [-0.3, -0.25) is 19.7 Å². The third-order valence-electron chi connectivity index (χ3n) is 3.54. The molecule has 1 aliphatic heterocycles. The molecule has 20 heavy (non-hydrogen) atoms. The molecule has 0 aromatic carbocycles. The first-order valence-corrected chi connectivity index (χ1v) is 6.85. The molecule has 0 bridgehead atoms. The molecule has 3 amide bonds. The number of imide groups is 1. The van der Waals surface area contributed by atoms with Crippen LogP contribution in [-0.2, 0) is 14.4 Å². The van der Waals surface area contributed by atoms with Crippen molar-refractivity contribution in [2.75, 3.05) is 13.1 Å². The summed E-state index contributed by atoms with van der Waals surface area (Å²) in [7, 11) is 0. The van der Waals surface area contributed by atoms with E-state index in [1.165, 1.54) is 4.90 Å². The van der Waals surface area contributed by atoms with E-state index in [1.807, 2.05) is 20.8 Å². The van der Waals surface area contributed by atoms with Gasteiger partial charge in [0.1, 0.15) is 12.1 Å². The number of carbonyl (C=O) groups is 3. The highest BCUT2D eigenvalue weighted by Crippen LogP contribution is 2.28. The van der Waals surface area contributed by atoms with E-state index in [9.17, 15) is 14.4 Å². The van der Waals surface area contributed by atoms with Crippen molar-refractivity contribution in [3.63, 3.8) is 0 Å². The highest BCUT2D eigenvalue weighted by Gasteiger charge is 2.45. The maximum atomic E-state index is 12.6. The second kappa shape index (κ2) is 5.52. The lowest BCUT2D eigenvalue weighted by molar-refractivity contribution is -0.158. The van der Waals surface area contributed by atoms with Crippen molar-refractivity contribution >= 4 is 17.7 Å². The van der Waals surface area contributed by atoms with E-state index in [2.05, 4.69) is 5.32 Å². The van der Waals surface area contributed by atoms with Crippen LogP contribution in [0.3, 0.4) is 0 Å². The van der Waals surface area contributed by atoms with Crippen molar-refractivity contribution in [3.8, 4) is 0 Å². The molecular weight excluding hydrogens is 258 g/mol. The molecule has 1 saturated heterocycles. The van der Waals surface area contributed by atoms with Gasteiger partial charge in [0.05, 0.1) is 5.92 Å². The molecule has 6 nitrogen and oxygen atoms in total. The second-order valence-corrected chi connectivity index (χ2v) is 7.06. The van der Waals surface area contributed by atoms with Crippen molar-refractivity contribution in [1.82, 2.24) is 10.2 Å². The SMILES string of the molecule is CC(C)(C)CC(CN)C(=O)N1CC(=O)NC(=O)C1(C)C. The fourth-order valence-electron chi connectivity index (χ4n) is 2.37. The van der Waals surface area contributed by atoms with E-state index in [0.29, 0.717) is 6.42 Å². The lowest BCUT2D eigenvalue weighted by Gasteiger charge is -2.42. The van der Waals surface area contributed by atoms with E-state index in [1.54, 1.807) is 13.8 Å². The Bertz CT molecular complexity index is 424. The maximum Gasteiger partial charge on any atom is 0.252 e. The summed E-state index contributed by atoms with van der Waals surface area (Å²) in [5.74, 6) is -1.51. The first-order valence-electron chi connectivity index (χ1n) is 6.85. The van der Waals surface area contributed by atoms with Crippen molar-refractivity contribution in [2.45, 2.75) is 46.6 Å². The van der Waals surface area contributed by atoms with Crippen molar-refractivity contribution < 1.29 is 14.4 Å². The zero-order valence-corrected chi connectivity index (χ0v) is 12.9. The van der Waals surface area contributed by atoms with Crippen LogP contribution in [0.15, 0.2) is 0 Å². The number of hydrogen-bond acceptors (Lipinski definition) is 4. The van der Waals surface area contributed by atoms with E-state index in [0.717, 1.165) is 0 Å². The van der Waals surface area contributed by atoms with Crippen molar-refractivity contribution in [2.24, 2.45) is 17.1 Å². The Balaban J connectivity index is 2.98. The molecular formula is C14H25N3O3. The Morgan fingerprint density at radius 2 is 1.95 bits per heavy atom. The Labute approximate surface area is 120 Å². The van der Waals surface area contributed by atoms with Crippen LogP contribution in [0.5, 0.6) is 0 Å². The maximum absolute atomic E-state index is 12.6. The molecule has 0 saturated carbocycles. The van der Waals surface area contributed by atoms with Crippen LogP contribution in [-0.4, -0.2) is 41.2 Å². The summed E-state index contributed by atoms with van der Waals surface area (Å²) >= 11 is 0. The molecule has 0 aromatic rings. The van der Waals surface area contributed by atoms with Gasteiger partial charge in [0.25, 0.3) is 5.91 Å². The Hall–Kier alpha value is -1.43. The molecule has 0 radical (unpaired) electrons. The van der Waals surface area contributed by atoms with Crippen LogP contribution in [0.4, 0.5) is 0 Å². The van der Waals surface area contributed by atoms with E-state index >= 15 is 0 Å². The summed E-state index contributed by atoms with van der Waals surface area (Å²) in [5, 5.41) is 2.26. The average molecular weight is 283 g/mol. The fourth-order valence-corrected chi connectivity index (χ4v) is 2.37. The van der Waals surface area contributed by atoms with E-state index in [-0.39, 0.29) is 30.3 Å². The van der Waals surface area contributed by atoms with Gasteiger partial charge in [0, 0.05) is 6.54 Å². The number of nitrogens with one attached hydrogen (secondary N) is 1. The molecule has 6 heteroatoms. The van der Waals surface area contributed by atoms with Gasteiger partial charge in [0.15, 0.2) is 0 Å². The highest BCUT2D eigenvalue weighted by atomic mass is 16.2. The number of piperazine rings is 1. The van der Waals surface area contributed by atoms with Crippen LogP contribution in [0.1, 0.15) is 41.0 Å². The summed E-state index contributed by atoms with van der Waals surface area (Å²) in [6, 6.07) is 0. The summed E-state index contributed by atoms with van der Waals surface area (Å²) in [5.41, 5.74) is 4.63. The quantitative estimate of drug-likeness (QED) is 0.727. The number of nitrogens with zero attached hydrogens (tertiary/aromatic N) is 1. The first-order chi connectivity index (χ1) is 8.99. The molecule has 3 N–H and O–H groups in total. The molecule has 1 unspecified atom stereocenters. The topological polar surface area (TPSA) is 92.5 Å². The molecule has 1 rings (SSSR count). The number of amides is 3. The highest BCUT2D eigenvalue weighted by molar-refractivity contribution is 6.06. The normalized spacial score (nSPS) is 20.6. The van der Waals surface area contributed by atoms with Crippen LogP contribution < -0.4 is 11.1 Å². The third kappa shape index (κ3) is 3.56. The minimum atomic E-state index is -1.03. The van der Waals surface area contributed by atoms with Crippen LogP contribution in [0.2, 0.25) is 0 Å². The van der Waals surface area contributed by atoms with Crippen LogP contribution >= 0.6 is 0 Å². The Morgan fingerprint density at radius 3 is 2.40 bits per heavy atom. The molecule has 1 fully saturated rings. The van der Waals surface area contributed by atoms with Gasteiger partial charge in [-0.1, -0.05) is 20.8 Å².